The summed E-state index contributed by atoms with van der Waals surface area (Å²) in [6.07, 6.45) is 3.51. The third kappa shape index (κ3) is 2.52. The molecule has 15 heavy (non-hydrogen) atoms. The minimum Gasteiger partial charge on any atom is -0.452 e. The van der Waals surface area contributed by atoms with E-state index in [0.29, 0.717) is 5.56 Å². The van der Waals surface area contributed by atoms with Gasteiger partial charge < -0.3 is 15.1 Å². The smallest absolute Gasteiger partial charge is 0.256 e. The van der Waals surface area contributed by atoms with Crippen LogP contribution in [0, 0.1) is 0 Å². The van der Waals surface area contributed by atoms with Crippen molar-refractivity contribution in [1.29, 1.82) is 0 Å². The number of piperidine rings is 1. The van der Waals surface area contributed by atoms with Gasteiger partial charge in [-0.15, -0.1) is 0 Å². The topological polar surface area (TPSA) is 54.3 Å². The van der Waals surface area contributed by atoms with Crippen molar-refractivity contribution >= 4 is 17.5 Å². The van der Waals surface area contributed by atoms with E-state index in [0.717, 1.165) is 25.9 Å². The maximum absolute atomic E-state index is 11.7. The fourth-order valence-electron chi connectivity index (χ4n) is 1.69. The van der Waals surface area contributed by atoms with Crippen molar-refractivity contribution in [2.75, 3.05) is 13.1 Å². The van der Waals surface area contributed by atoms with E-state index in [9.17, 15) is 4.79 Å². The summed E-state index contributed by atoms with van der Waals surface area (Å²) < 4.78 is 4.86. The monoisotopic (exact) mass is 228 g/mol. The molecule has 82 valence electrons. The van der Waals surface area contributed by atoms with Crippen molar-refractivity contribution in [2.24, 2.45) is 0 Å². The second-order valence-electron chi connectivity index (χ2n) is 3.62. The van der Waals surface area contributed by atoms with Crippen LogP contribution in [0.5, 0.6) is 0 Å². The lowest BCUT2D eigenvalue weighted by Gasteiger charge is -2.23. The molecule has 1 aliphatic rings. The molecule has 1 saturated heterocycles. The van der Waals surface area contributed by atoms with Gasteiger partial charge in [0.2, 0.25) is 5.22 Å². The molecule has 1 aromatic rings. The van der Waals surface area contributed by atoms with Crippen LogP contribution in [0.2, 0.25) is 5.22 Å². The Morgan fingerprint density at radius 2 is 2.53 bits per heavy atom. The van der Waals surface area contributed by atoms with Crippen LogP contribution in [0.1, 0.15) is 23.2 Å². The summed E-state index contributed by atoms with van der Waals surface area (Å²) in [5, 5.41) is 6.29. The summed E-state index contributed by atoms with van der Waals surface area (Å²) in [6, 6.07) is 1.77. The number of rotatable bonds is 2. The maximum Gasteiger partial charge on any atom is 0.256 e. The Labute approximate surface area is 93.0 Å². The van der Waals surface area contributed by atoms with Gasteiger partial charge >= 0.3 is 0 Å². The van der Waals surface area contributed by atoms with Crippen molar-refractivity contribution in [3.8, 4) is 0 Å². The Morgan fingerprint density at radius 1 is 1.67 bits per heavy atom. The maximum atomic E-state index is 11.7. The second-order valence-corrected chi connectivity index (χ2v) is 3.97. The number of amides is 1. The molecule has 4 nitrogen and oxygen atoms in total. The average molecular weight is 229 g/mol. The first kappa shape index (κ1) is 10.5. The van der Waals surface area contributed by atoms with Gasteiger partial charge in [0, 0.05) is 12.6 Å². The number of hydrogen-bond acceptors (Lipinski definition) is 3. The van der Waals surface area contributed by atoms with E-state index < -0.39 is 0 Å². The molecule has 0 aliphatic carbocycles. The van der Waals surface area contributed by atoms with E-state index >= 15 is 0 Å². The highest BCUT2D eigenvalue weighted by molar-refractivity contribution is 6.32. The van der Waals surface area contributed by atoms with E-state index in [1.165, 1.54) is 6.26 Å². The Hall–Kier alpha value is -1.00. The van der Waals surface area contributed by atoms with Gasteiger partial charge in [0.1, 0.15) is 0 Å². The quantitative estimate of drug-likeness (QED) is 0.805. The molecular weight excluding hydrogens is 216 g/mol. The molecule has 1 aromatic heterocycles. The lowest BCUT2D eigenvalue weighted by atomic mass is 10.1. The molecule has 0 radical (unpaired) electrons. The standard InChI is InChI=1S/C10H13ClN2O2/c11-9-8(3-5-15-9)10(14)13-7-2-1-4-12-6-7/h3,5,7,12H,1-2,4,6H2,(H,13,14). The summed E-state index contributed by atoms with van der Waals surface area (Å²) in [7, 11) is 0. The molecular formula is C10H13ClN2O2. The highest BCUT2D eigenvalue weighted by atomic mass is 35.5. The first-order valence-electron chi connectivity index (χ1n) is 5.02. The molecule has 2 N–H and O–H groups in total. The third-order valence-electron chi connectivity index (χ3n) is 2.49. The van der Waals surface area contributed by atoms with E-state index in [1.54, 1.807) is 6.07 Å². The predicted molar refractivity (Wildman–Crippen MR) is 57.1 cm³/mol. The third-order valence-corrected chi connectivity index (χ3v) is 2.79. The minimum atomic E-state index is -0.164. The van der Waals surface area contributed by atoms with Gasteiger partial charge in [-0.2, -0.15) is 0 Å². The van der Waals surface area contributed by atoms with Crippen LogP contribution in [0.3, 0.4) is 0 Å². The fourth-order valence-corrected chi connectivity index (χ4v) is 1.89. The summed E-state index contributed by atoms with van der Waals surface area (Å²) in [6.45, 7) is 1.85. The molecule has 1 amide bonds. The number of halogens is 1. The molecule has 0 bridgehead atoms. The van der Waals surface area contributed by atoms with Crippen molar-refractivity contribution < 1.29 is 9.21 Å². The first-order chi connectivity index (χ1) is 7.27. The lowest BCUT2D eigenvalue weighted by Crippen LogP contribution is -2.45. The molecule has 1 atom stereocenters. The normalized spacial score (nSPS) is 21.3. The van der Waals surface area contributed by atoms with Gasteiger partial charge in [-0.3, -0.25) is 4.79 Å². The molecule has 1 fully saturated rings. The highest BCUT2D eigenvalue weighted by Gasteiger charge is 2.18. The number of hydrogen-bond donors (Lipinski definition) is 2. The van der Waals surface area contributed by atoms with Gasteiger partial charge in [0.05, 0.1) is 11.8 Å². The van der Waals surface area contributed by atoms with Crippen LogP contribution in [0.4, 0.5) is 0 Å². The summed E-state index contributed by atoms with van der Waals surface area (Å²) in [5.41, 5.74) is 0.405. The van der Waals surface area contributed by atoms with Gasteiger partial charge in [-0.1, -0.05) is 0 Å². The molecule has 1 aliphatic heterocycles. The van der Waals surface area contributed by atoms with Crippen molar-refractivity contribution in [3.05, 3.63) is 23.1 Å². The van der Waals surface area contributed by atoms with Crippen LogP contribution in [0.15, 0.2) is 16.7 Å². The van der Waals surface area contributed by atoms with Crippen LogP contribution < -0.4 is 10.6 Å². The Bertz CT molecular complexity index is 345. The minimum absolute atomic E-state index is 0.149. The Kier molecular flexibility index (Phi) is 3.28. The van der Waals surface area contributed by atoms with Crippen molar-refractivity contribution in [3.63, 3.8) is 0 Å². The lowest BCUT2D eigenvalue weighted by molar-refractivity contribution is 0.0930. The fraction of sp³-hybridized carbons (Fsp3) is 0.500. The second kappa shape index (κ2) is 4.68. The van der Waals surface area contributed by atoms with Crippen LogP contribution in [0.25, 0.3) is 0 Å². The first-order valence-corrected chi connectivity index (χ1v) is 5.40. The van der Waals surface area contributed by atoms with E-state index in [1.807, 2.05) is 0 Å². The molecule has 2 rings (SSSR count). The Balaban J connectivity index is 1.94. The average Bonchev–Trinajstić information content (AvgIpc) is 2.66. The van der Waals surface area contributed by atoms with Gasteiger partial charge in [-0.25, -0.2) is 0 Å². The molecule has 0 aromatic carbocycles. The molecule has 5 heteroatoms. The van der Waals surface area contributed by atoms with E-state index in [-0.39, 0.29) is 17.2 Å². The number of carbonyl (C=O) groups excluding carboxylic acids is 1. The van der Waals surface area contributed by atoms with Gasteiger partial charge in [0.15, 0.2) is 0 Å². The van der Waals surface area contributed by atoms with Crippen molar-refractivity contribution in [2.45, 2.75) is 18.9 Å². The zero-order chi connectivity index (χ0) is 10.7. The zero-order valence-corrected chi connectivity index (χ0v) is 9.01. The summed E-state index contributed by atoms with van der Waals surface area (Å²) >= 11 is 5.71. The van der Waals surface area contributed by atoms with Crippen LogP contribution >= 0.6 is 11.6 Å². The number of carbonyl (C=O) groups is 1. The van der Waals surface area contributed by atoms with Crippen LogP contribution in [-0.4, -0.2) is 25.0 Å². The molecule has 0 spiro atoms. The SMILES string of the molecule is O=C(NC1CCCNC1)c1ccoc1Cl. The van der Waals surface area contributed by atoms with Gasteiger partial charge in [-0.05, 0) is 37.1 Å². The summed E-state index contributed by atoms with van der Waals surface area (Å²) in [5.74, 6) is -0.164. The zero-order valence-electron chi connectivity index (χ0n) is 8.25. The molecule has 0 saturated carbocycles. The molecule has 2 heterocycles. The van der Waals surface area contributed by atoms with Gasteiger partial charge in [0.25, 0.3) is 5.91 Å². The molecule has 1 unspecified atom stereocenters. The number of furan rings is 1. The number of nitrogens with one attached hydrogen (secondary N) is 2. The summed E-state index contributed by atoms with van der Waals surface area (Å²) in [4.78, 5) is 11.7. The highest BCUT2D eigenvalue weighted by Crippen LogP contribution is 2.16. The largest absolute Gasteiger partial charge is 0.452 e. The van der Waals surface area contributed by atoms with Crippen molar-refractivity contribution in [1.82, 2.24) is 10.6 Å². The van der Waals surface area contributed by atoms with E-state index in [2.05, 4.69) is 10.6 Å². The van der Waals surface area contributed by atoms with E-state index in [4.69, 9.17) is 16.0 Å². The predicted octanol–water partition coefficient (Wildman–Crippen LogP) is 1.41. The van der Waals surface area contributed by atoms with Crippen LogP contribution in [-0.2, 0) is 0 Å². The Morgan fingerprint density at radius 3 is 3.13 bits per heavy atom.